The lowest BCUT2D eigenvalue weighted by molar-refractivity contribution is 0.386. The van der Waals surface area contributed by atoms with Gasteiger partial charge >= 0.3 is 0 Å². The van der Waals surface area contributed by atoms with Crippen molar-refractivity contribution in [2.24, 2.45) is 5.73 Å². The number of methoxy groups -OCH3 is 1. The molecule has 0 bridgehead atoms. The molecule has 0 fully saturated rings. The highest BCUT2D eigenvalue weighted by Gasteiger charge is 2.26. The lowest BCUT2D eigenvalue weighted by atomic mass is 10.0. The van der Waals surface area contributed by atoms with Crippen molar-refractivity contribution in [3.8, 4) is 5.75 Å². The van der Waals surface area contributed by atoms with Gasteiger partial charge in [-0.3, -0.25) is 0 Å². The number of anilines is 1. The Balaban J connectivity index is 1.95. The highest BCUT2D eigenvalue weighted by molar-refractivity contribution is 5.59. The zero-order chi connectivity index (χ0) is 14.8. The first-order valence-electron chi connectivity index (χ1n) is 7.12. The van der Waals surface area contributed by atoms with Crippen LogP contribution in [0.15, 0.2) is 42.5 Å². The van der Waals surface area contributed by atoms with Gasteiger partial charge in [0.05, 0.1) is 13.2 Å². The molecule has 1 aliphatic heterocycles. The fraction of sp³-hybridized carbons (Fsp3) is 0.294. The van der Waals surface area contributed by atoms with Crippen LogP contribution in [0.2, 0.25) is 0 Å². The summed E-state index contributed by atoms with van der Waals surface area (Å²) in [7, 11) is 1.47. The SMILES string of the molecule is COc1ccc(C(CN)N2CCc3ccccc32)cc1F. The van der Waals surface area contributed by atoms with E-state index in [0.717, 1.165) is 18.5 Å². The molecule has 21 heavy (non-hydrogen) atoms. The highest BCUT2D eigenvalue weighted by atomic mass is 19.1. The summed E-state index contributed by atoms with van der Waals surface area (Å²) in [4.78, 5) is 2.26. The summed E-state index contributed by atoms with van der Waals surface area (Å²) in [6.45, 7) is 1.36. The van der Waals surface area contributed by atoms with Gasteiger partial charge in [-0.25, -0.2) is 4.39 Å². The predicted molar refractivity (Wildman–Crippen MR) is 82.2 cm³/mol. The van der Waals surface area contributed by atoms with Crippen molar-refractivity contribution in [3.05, 3.63) is 59.4 Å². The molecule has 0 saturated carbocycles. The quantitative estimate of drug-likeness (QED) is 0.939. The molecule has 1 heterocycles. The van der Waals surface area contributed by atoms with Crippen LogP contribution in [0.3, 0.4) is 0 Å². The van der Waals surface area contributed by atoms with E-state index < -0.39 is 0 Å². The molecule has 4 heteroatoms. The molecule has 2 aromatic rings. The largest absolute Gasteiger partial charge is 0.494 e. The second-order valence-corrected chi connectivity index (χ2v) is 5.22. The first-order chi connectivity index (χ1) is 10.2. The van der Waals surface area contributed by atoms with E-state index >= 15 is 0 Å². The second kappa shape index (κ2) is 5.74. The number of fused-ring (bicyclic) bond motifs is 1. The van der Waals surface area contributed by atoms with E-state index in [1.807, 2.05) is 18.2 Å². The average Bonchev–Trinajstić information content (AvgIpc) is 2.93. The van der Waals surface area contributed by atoms with Gasteiger partial charge in [-0.15, -0.1) is 0 Å². The number of rotatable bonds is 4. The summed E-state index contributed by atoms with van der Waals surface area (Å²) in [5.41, 5.74) is 9.37. The van der Waals surface area contributed by atoms with Gasteiger partial charge in [0.1, 0.15) is 0 Å². The summed E-state index contributed by atoms with van der Waals surface area (Å²) in [5, 5.41) is 0. The van der Waals surface area contributed by atoms with Gasteiger partial charge in [0.15, 0.2) is 11.6 Å². The molecule has 1 unspecified atom stereocenters. The molecular formula is C17H19FN2O. The van der Waals surface area contributed by atoms with E-state index in [1.165, 1.54) is 24.4 Å². The van der Waals surface area contributed by atoms with Crippen LogP contribution in [0.5, 0.6) is 5.75 Å². The van der Waals surface area contributed by atoms with Crippen molar-refractivity contribution in [2.75, 3.05) is 25.1 Å². The minimum Gasteiger partial charge on any atom is -0.494 e. The van der Waals surface area contributed by atoms with Crippen molar-refractivity contribution >= 4 is 5.69 Å². The molecule has 0 radical (unpaired) electrons. The van der Waals surface area contributed by atoms with E-state index in [4.69, 9.17) is 10.5 Å². The Morgan fingerprint density at radius 2 is 2.10 bits per heavy atom. The first-order valence-corrected chi connectivity index (χ1v) is 7.12. The maximum atomic E-state index is 13.9. The van der Waals surface area contributed by atoms with E-state index in [0.29, 0.717) is 6.54 Å². The molecule has 2 N–H and O–H groups in total. The third-order valence-electron chi connectivity index (χ3n) is 4.08. The summed E-state index contributed by atoms with van der Waals surface area (Å²) in [5.74, 6) is -0.0859. The molecule has 0 amide bonds. The number of hydrogen-bond acceptors (Lipinski definition) is 3. The summed E-state index contributed by atoms with van der Waals surface area (Å²) >= 11 is 0. The number of ether oxygens (including phenoxy) is 1. The lowest BCUT2D eigenvalue weighted by Gasteiger charge is -2.30. The number of benzene rings is 2. The van der Waals surface area contributed by atoms with E-state index in [2.05, 4.69) is 17.0 Å². The molecule has 1 aliphatic rings. The minimum atomic E-state index is -0.346. The molecule has 2 aromatic carbocycles. The molecule has 3 nitrogen and oxygen atoms in total. The zero-order valence-corrected chi connectivity index (χ0v) is 12.1. The molecule has 1 atom stereocenters. The maximum absolute atomic E-state index is 13.9. The standard InChI is InChI=1S/C17H19FN2O/c1-21-17-7-6-13(10-14(17)18)16(11-19)20-9-8-12-4-2-3-5-15(12)20/h2-7,10,16H,8-9,11,19H2,1H3. The minimum absolute atomic E-state index is 0.0194. The van der Waals surface area contributed by atoms with Crippen LogP contribution in [-0.4, -0.2) is 20.2 Å². The van der Waals surface area contributed by atoms with Crippen LogP contribution >= 0.6 is 0 Å². The number of para-hydroxylation sites is 1. The number of halogens is 1. The summed E-state index contributed by atoms with van der Waals surface area (Å²) in [6, 6.07) is 13.4. The van der Waals surface area contributed by atoms with Crippen LogP contribution in [-0.2, 0) is 6.42 Å². The second-order valence-electron chi connectivity index (χ2n) is 5.22. The third kappa shape index (κ3) is 2.47. The smallest absolute Gasteiger partial charge is 0.165 e. The predicted octanol–water partition coefficient (Wildman–Crippen LogP) is 2.90. The van der Waals surface area contributed by atoms with Crippen molar-refractivity contribution in [1.29, 1.82) is 0 Å². The van der Waals surface area contributed by atoms with Gasteiger partial charge in [0.2, 0.25) is 0 Å². The highest BCUT2D eigenvalue weighted by Crippen LogP contribution is 2.35. The van der Waals surface area contributed by atoms with E-state index in [-0.39, 0.29) is 17.6 Å². The van der Waals surface area contributed by atoms with Crippen LogP contribution in [0.4, 0.5) is 10.1 Å². The van der Waals surface area contributed by atoms with Crippen LogP contribution < -0.4 is 15.4 Å². The van der Waals surface area contributed by atoms with Crippen molar-refractivity contribution in [2.45, 2.75) is 12.5 Å². The Morgan fingerprint density at radius 1 is 1.29 bits per heavy atom. The number of nitrogens with two attached hydrogens (primary N) is 1. The van der Waals surface area contributed by atoms with Gasteiger partial charge in [-0.2, -0.15) is 0 Å². The third-order valence-corrected chi connectivity index (χ3v) is 4.08. The first kappa shape index (κ1) is 13.9. The van der Waals surface area contributed by atoms with Crippen molar-refractivity contribution < 1.29 is 9.13 Å². The number of hydrogen-bond donors (Lipinski definition) is 1. The van der Waals surface area contributed by atoms with E-state index in [1.54, 1.807) is 6.07 Å². The molecule has 3 rings (SSSR count). The molecule has 0 aliphatic carbocycles. The summed E-state index contributed by atoms with van der Waals surface area (Å²) < 4.78 is 18.9. The molecule has 0 spiro atoms. The fourth-order valence-electron chi connectivity index (χ4n) is 3.02. The number of nitrogens with zero attached hydrogens (tertiary/aromatic N) is 1. The van der Waals surface area contributed by atoms with Gasteiger partial charge in [-0.05, 0) is 35.7 Å². The van der Waals surface area contributed by atoms with Gasteiger partial charge in [0.25, 0.3) is 0 Å². The van der Waals surface area contributed by atoms with Crippen molar-refractivity contribution in [1.82, 2.24) is 0 Å². The van der Waals surface area contributed by atoms with Crippen LogP contribution in [0, 0.1) is 5.82 Å². The normalized spacial score (nSPS) is 14.9. The van der Waals surface area contributed by atoms with Gasteiger partial charge < -0.3 is 15.4 Å². The zero-order valence-electron chi connectivity index (χ0n) is 12.1. The topological polar surface area (TPSA) is 38.5 Å². The van der Waals surface area contributed by atoms with Gasteiger partial charge in [0, 0.05) is 18.8 Å². The Labute approximate surface area is 124 Å². The Bertz CT molecular complexity index is 644. The van der Waals surface area contributed by atoms with Crippen LogP contribution in [0.1, 0.15) is 17.2 Å². The fourth-order valence-corrected chi connectivity index (χ4v) is 3.02. The Kier molecular flexibility index (Phi) is 3.80. The molecule has 0 saturated heterocycles. The van der Waals surface area contributed by atoms with Gasteiger partial charge in [-0.1, -0.05) is 24.3 Å². The molecule has 0 aromatic heterocycles. The van der Waals surface area contributed by atoms with Crippen molar-refractivity contribution in [3.63, 3.8) is 0 Å². The summed E-state index contributed by atoms with van der Waals surface area (Å²) in [6.07, 6.45) is 1.01. The monoisotopic (exact) mass is 286 g/mol. The van der Waals surface area contributed by atoms with E-state index in [9.17, 15) is 4.39 Å². The molecular weight excluding hydrogens is 267 g/mol. The lowest BCUT2D eigenvalue weighted by Crippen LogP contribution is -2.32. The maximum Gasteiger partial charge on any atom is 0.165 e. The molecule has 110 valence electrons. The Morgan fingerprint density at radius 3 is 2.81 bits per heavy atom. The Hall–Kier alpha value is -2.07. The average molecular weight is 286 g/mol. The van der Waals surface area contributed by atoms with Crippen LogP contribution in [0.25, 0.3) is 0 Å².